The molecule has 0 N–H and O–H groups in total. The van der Waals surface area contributed by atoms with Gasteiger partial charge in [0.2, 0.25) is 0 Å². The van der Waals surface area contributed by atoms with Crippen LogP contribution in [0.4, 0.5) is 0 Å². The molecule has 20 heavy (non-hydrogen) atoms. The second kappa shape index (κ2) is 8.54. The van der Waals surface area contributed by atoms with E-state index < -0.39 is 0 Å². The van der Waals surface area contributed by atoms with Crippen molar-refractivity contribution in [1.82, 2.24) is 14.7 Å². The van der Waals surface area contributed by atoms with E-state index in [2.05, 4.69) is 28.5 Å². The number of rotatable bonds is 5. The lowest BCUT2D eigenvalue weighted by Gasteiger charge is -2.37. The van der Waals surface area contributed by atoms with Crippen LogP contribution >= 0.6 is 11.6 Å². The minimum absolute atomic E-state index is 0.380. The van der Waals surface area contributed by atoms with Crippen molar-refractivity contribution in [2.45, 2.75) is 32.4 Å². The fourth-order valence-corrected chi connectivity index (χ4v) is 3.40. The lowest BCUT2D eigenvalue weighted by Crippen LogP contribution is -2.50. The molecule has 1 atom stereocenters. The number of hydrogen-bond donors (Lipinski definition) is 0. The summed E-state index contributed by atoms with van der Waals surface area (Å²) in [7, 11) is 0. The molecule has 0 amide bonds. The monoisotopic (exact) mass is 303 g/mol. The minimum atomic E-state index is 0.380. The van der Waals surface area contributed by atoms with Gasteiger partial charge in [-0.15, -0.1) is 11.6 Å². The maximum atomic E-state index is 5.96. The summed E-state index contributed by atoms with van der Waals surface area (Å²) >= 11 is 5.85. The molecule has 0 aromatic carbocycles. The zero-order valence-corrected chi connectivity index (χ0v) is 13.8. The molecule has 0 saturated carbocycles. The first-order valence-corrected chi connectivity index (χ1v) is 8.59. The average molecular weight is 304 g/mol. The molecule has 2 heterocycles. The van der Waals surface area contributed by atoms with E-state index in [1.807, 2.05) is 0 Å². The molecule has 1 unspecified atom stereocenters. The van der Waals surface area contributed by atoms with Crippen molar-refractivity contribution in [3.05, 3.63) is 0 Å². The number of alkyl halides is 1. The molecule has 0 spiro atoms. The third kappa shape index (κ3) is 5.15. The predicted molar refractivity (Wildman–Crippen MR) is 84.7 cm³/mol. The molecule has 2 aliphatic heterocycles. The molecule has 5 heteroatoms. The summed E-state index contributed by atoms with van der Waals surface area (Å²) < 4.78 is 5.96. The lowest BCUT2D eigenvalue weighted by atomic mass is 10.2. The van der Waals surface area contributed by atoms with Crippen LogP contribution in [0.25, 0.3) is 0 Å². The quantitative estimate of drug-likeness (QED) is 0.714. The second-order valence-electron chi connectivity index (χ2n) is 6.27. The molecule has 2 fully saturated rings. The van der Waals surface area contributed by atoms with Gasteiger partial charge in [0.1, 0.15) is 0 Å². The van der Waals surface area contributed by atoms with Crippen LogP contribution in [0.1, 0.15) is 20.3 Å². The highest BCUT2D eigenvalue weighted by atomic mass is 35.5. The summed E-state index contributed by atoms with van der Waals surface area (Å²) in [6.45, 7) is 14.4. The number of morpholine rings is 1. The average Bonchev–Trinajstić information content (AvgIpc) is 2.65. The van der Waals surface area contributed by atoms with E-state index in [-0.39, 0.29) is 0 Å². The van der Waals surface area contributed by atoms with E-state index in [9.17, 15) is 0 Å². The van der Waals surface area contributed by atoms with Crippen LogP contribution in [0.3, 0.4) is 0 Å². The maximum Gasteiger partial charge on any atom is 0.0829 e. The zero-order valence-electron chi connectivity index (χ0n) is 13.1. The van der Waals surface area contributed by atoms with Gasteiger partial charge >= 0.3 is 0 Å². The predicted octanol–water partition coefficient (Wildman–Crippen LogP) is 1.34. The zero-order chi connectivity index (χ0) is 14.4. The van der Waals surface area contributed by atoms with E-state index in [4.69, 9.17) is 16.3 Å². The molecule has 0 aromatic heterocycles. The first-order chi connectivity index (χ1) is 9.69. The molecular weight excluding hydrogens is 274 g/mol. The highest BCUT2D eigenvalue weighted by Gasteiger charge is 2.25. The van der Waals surface area contributed by atoms with Gasteiger partial charge in [0.05, 0.1) is 12.7 Å². The first-order valence-electron chi connectivity index (χ1n) is 8.05. The molecule has 2 saturated heterocycles. The van der Waals surface area contributed by atoms with Crippen LogP contribution in [0, 0.1) is 0 Å². The Balaban J connectivity index is 1.75. The van der Waals surface area contributed by atoms with Crippen molar-refractivity contribution in [2.24, 2.45) is 0 Å². The minimum Gasteiger partial charge on any atom is -0.374 e. The molecule has 118 valence electrons. The first kappa shape index (κ1) is 16.5. The van der Waals surface area contributed by atoms with Gasteiger partial charge in [0.25, 0.3) is 0 Å². The molecule has 4 nitrogen and oxygen atoms in total. The summed E-state index contributed by atoms with van der Waals surface area (Å²) in [5.74, 6) is 0.745. The fraction of sp³-hybridized carbons (Fsp3) is 1.00. The summed E-state index contributed by atoms with van der Waals surface area (Å²) in [6.07, 6.45) is 1.63. The van der Waals surface area contributed by atoms with Gasteiger partial charge in [-0.25, -0.2) is 0 Å². The number of halogens is 1. The van der Waals surface area contributed by atoms with E-state index in [1.54, 1.807) is 0 Å². The van der Waals surface area contributed by atoms with Crippen molar-refractivity contribution in [1.29, 1.82) is 0 Å². The Kier molecular flexibility index (Phi) is 7.05. The fourth-order valence-electron chi connectivity index (χ4n) is 3.16. The van der Waals surface area contributed by atoms with Crippen molar-refractivity contribution in [2.75, 3.05) is 64.8 Å². The molecule has 0 bridgehead atoms. The van der Waals surface area contributed by atoms with Crippen LogP contribution in [-0.4, -0.2) is 91.7 Å². The Morgan fingerprint density at radius 2 is 1.85 bits per heavy atom. The Bertz CT molecular complexity index is 278. The van der Waals surface area contributed by atoms with E-state index >= 15 is 0 Å². The van der Waals surface area contributed by atoms with E-state index in [0.717, 1.165) is 51.8 Å². The van der Waals surface area contributed by atoms with Gasteiger partial charge < -0.3 is 9.64 Å². The molecular formula is C15H30ClN3O. The van der Waals surface area contributed by atoms with Gasteiger partial charge in [-0.3, -0.25) is 9.80 Å². The Hall–Kier alpha value is 0.130. The smallest absolute Gasteiger partial charge is 0.0829 e. The molecule has 0 radical (unpaired) electrons. The topological polar surface area (TPSA) is 19.0 Å². The highest BCUT2D eigenvalue weighted by Crippen LogP contribution is 2.12. The van der Waals surface area contributed by atoms with E-state index in [0.29, 0.717) is 12.1 Å². The van der Waals surface area contributed by atoms with Crippen LogP contribution in [0.15, 0.2) is 0 Å². The van der Waals surface area contributed by atoms with Crippen molar-refractivity contribution >= 4 is 11.6 Å². The number of nitrogens with zero attached hydrogens (tertiary/aromatic N) is 3. The standard InChI is InChI=1S/C15H30ClN3O/c1-14(2)19-10-11-20-15(13-19)12-18-6-3-5-17(7-4-16)8-9-18/h14-15H,3-13H2,1-2H3. The molecule has 2 rings (SSSR count). The largest absolute Gasteiger partial charge is 0.374 e. The van der Waals surface area contributed by atoms with Crippen molar-refractivity contribution in [3.8, 4) is 0 Å². The number of hydrogen-bond acceptors (Lipinski definition) is 4. The molecule has 2 aliphatic rings. The van der Waals surface area contributed by atoms with Crippen LogP contribution < -0.4 is 0 Å². The Morgan fingerprint density at radius 1 is 1.10 bits per heavy atom. The summed E-state index contributed by atoms with van der Waals surface area (Å²) in [4.78, 5) is 7.59. The van der Waals surface area contributed by atoms with Gasteiger partial charge in [0, 0.05) is 51.2 Å². The maximum absolute atomic E-state index is 5.96. The van der Waals surface area contributed by atoms with Gasteiger partial charge in [0.15, 0.2) is 0 Å². The second-order valence-corrected chi connectivity index (χ2v) is 6.64. The SMILES string of the molecule is CC(C)N1CCOC(CN2CCCN(CCCl)CC2)C1. The van der Waals surface area contributed by atoms with Gasteiger partial charge in [-0.05, 0) is 33.4 Å². The third-order valence-electron chi connectivity index (χ3n) is 4.44. The molecule has 0 aliphatic carbocycles. The lowest BCUT2D eigenvalue weighted by molar-refractivity contribution is -0.0516. The summed E-state index contributed by atoms with van der Waals surface area (Å²) in [5, 5.41) is 0. The number of ether oxygens (including phenoxy) is 1. The Morgan fingerprint density at radius 3 is 2.60 bits per heavy atom. The third-order valence-corrected chi connectivity index (χ3v) is 4.61. The van der Waals surface area contributed by atoms with Crippen molar-refractivity contribution in [3.63, 3.8) is 0 Å². The van der Waals surface area contributed by atoms with E-state index in [1.165, 1.54) is 19.5 Å². The van der Waals surface area contributed by atoms with Crippen LogP contribution in [0.5, 0.6) is 0 Å². The van der Waals surface area contributed by atoms with Gasteiger partial charge in [-0.1, -0.05) is 0 Å². The highest BCUT2D eigenvalue weighted by molar-refractivity contribution is 6.18. The summed E-state index contributed by atoms with van der Waals surface area (Å²) in [6, 6.07) is 0.629. The van der Waals surface area contributed by atoms with Crippen LogP contribution in [0.2, 0.25) is 0 Å². The van der Waals surface area contributed by atoms with Crippen molar-refractivity contribution < 1.29 is 4.74 Å². The Labute approximate surface area is 129 Å². The molecule has 0 aromatic rings. The summed E-state index contributed by atoms with van der Waals surface area (Å²) in [5.41, 5.74) is 0. The normalized spacial score (nSPS) is 27.9. The van der Waals surface area contributed by atoms with Gasteiger partial charge in [-0.2, -0.15) is 0 Å². The van der Waals surface area contributed by atoms with Crippen LogP contribution in [-0.2, 0) is 4.74 Å².